The summed E-state index contributed by atoms with van der Waals surface area (Å²) >= 11 is 0. The highest BCUT2D eigenvalue weighted by Gasteiger charge is 2.13. The monoisotopic (exact) mass is 547 g/mol. The third-order valence-electron chi connectivity index (χ3n) is 3.99. The van der Waals surface area contributed by atoms with Crippen molar-refractivity contribution < 1.29 is 17.9 Å². The SMILES string of the molecule is CCNC(=NCC(C)Oc1cccc(OC)c1)NCCS(=O)(=O)c1ccccc1.I. The average molecular weight is 547 g/mol. The van der Waals surface area contributed by atoms with E-state index in [2.05, 4.69) is 15.6 Å². The molecule has 166 valence electrons. The highest BCUT2D eigenvalue weighted by Crippen LogP contribution is 2.19. The predicted octanol–water partition coefficient (Wildman–Crippen LogP) is 3.11. The fourth-order valence-corrected chi connectivity index (χ4v) is 3.73. The first-order chi connectivity index (χ1) is 13.9. The lowest BCUT2D eigenvalue weighted by atomic mass is 10.3. The summed E-state index contributed by atoms with van der Waals surface area (Å²) in [4.78, 5) is 4.81. The van der Waals surface area contributed by atoms with E-state index in [9.17, 15) is 8.42 Å². The number of hydrogen-bond acceptors (Lipinski definition) is 5. The van der Waals surface area contributed by atoms with E-state index in [-0.39, 0.29) is 42.4 Å². The summed E-state index contributed by atoms with van der Waals surface area (Å²) in [6.45, 7) is 5.22. The third-order valence-corrected chi connectivity index (χ3v) is 5.73. The van der Waals surface area contributed by atoms with Crippen molar-refractivity contribution in [3.8, 4) is 11.5 Å². The Bertz CT molecular complexity index is 892. The van der Waals surface area contributed by atoms with E-state index < -0.39 is 9.84 Å². The van der Waals surface area contributed by atoms with Gasteiger partial charge in [0, 0.05) is 19.2 Å². The minimum atomic E-state index is -3.33. The van der Waals surface area contributed by atoms with Crippen molar-refractivity contribution in [1.82, 2.24) is 10.6 Å². The normalized spacial score (nSPS) is 12.4. The van der Waals surface area contributed by atoms with Crippen LogP contribution in [-0.4, -0.2) is 53.0 Å². The largest absolute Gasteiger partial charge is 0.497 e. The molecule has 2 N–H and O–H groups in total. The Morgan fingerprint density at radius 2 is 1.77 bits per heavy atom. The molecule has 0 saturated carbocycles. The topological polar surface area (TPSA) is 89.0 Å². The fraction of sp³-hybridized carbons (Fsp3) is 0.381. The summed E-state index contributed by atoms with van der Waals surface area (Å²) in [6.07, 6.45) is -0.161. The minimum absolute atomic E-state index is 0. The Morgan fingerprint density at radius 3 is 2.43 bits per heavy atom. The first kappa shape index (κ1) is 26.0. The van der Waals surface area contributed by atoms with Crippen molar-refractivity contribution in [2.75, 3.05) is 32.5 Å². The lowest BCUT2D eigenvalue weighted by Gasteiger charge is -2.15. The molecule has 9 heteroatoms. The van der Waals surface area contributed by atoms with Crippen LogP contribution < -0.4 is 20.1 Å². The number of aliphatic imine (C=N–C) groups is 1. The van der Waals surface area contributed by atoms with E-state index in [0.717, 1.165) is 5.75 Å². The number of halogens is 1. The van der Waals surface area contributed by atoms with Gasteiger partial charge in [-0.15, -0.1) is 24.0 Å². The third kappa shape index (κ3) is 8.78. The van der Waals surface area contributed by atoms with Gasteiger partial charge in [0.05, 0.1) is 24.3 Å². The fourth-order valence-electron chi connectivity index (χ4n) is 2.56. The van der Waals surface area contributed by atoms with Gasteiger partial charge in [-0.05, 0) is 38.1 Å². The number of benzene rings is 2. The minimum Gasteiger partial charge on any atom is -0.497 e. The van der Waals surface area contributed by atoms with E-state index in [1.165, 1.54) is 0 Å². The van der Waals surface area contributed by atoms with Crippen molar-refractivity contribution in [3.63, 3.8) is 0 Å². The van der Waals surface area contributed by atoms with Crippen LogP contribution in [-0.2, 0) is 9.84 Å². The van der Waals surface area contributed by atoms with Gasteiger partial charge in [0.1, 0.15) is 17.6 Å². The maximum absolute atomic E-state index is 12.4. The van der Waals surface area contributed by atoms with Crippen LogP contribution in [0.3, 0.4) is 0 Å². The molecular weight excluding hydrogens is 517 g/mol. The number of rotatable bonds is 10. The highest BCUT2D eigenvalue weighted by atomic mass is 127. The van der Waals surface area contributed by atoms with Crippen molar-refractivity contribution >= 4 is 39.8 Å². The zero-order valence-electron chi connectivity index (χ0n) is 17.5. The molecule has 0 saturated heterocycles. The van der Waals surface area contributed by atoms with E-state index in [1.54, 1.807) is 37.4 Å². The van der Waals surface area contributed by atoms with Crippen LogP contribution >= 0.6 is 24.0 Å². The maximum Gasteiger partial charge on any atom is 0.191 e. The number of ether oxygens (including phenoxy) is 2. The van der Waals surface area contributed by atoms with Gasteiger partial charge in [-0.25, -0.2) is 13.4 Å². The summed E-state index contributed by atoms with van der Waals surface area (Å²) in [5.41, 5.74) is 0. The number of sulfone groups is 1. The van der Waals surface area contributed by atoms with Gasteiger partial charge < -0.3 is 20.1 Å². The Hall–Kier alpha value is -2.01. The second-order valence-corrected chi connectivity index (χ2v) is 8.49. The molecule has 0 spiro atoms. The second-order valence-electron chi connectivity index (χ2n) is 6.39. The highest BCUT2D eigenvalue weighted by molar-refractivity contribution is 14.0. The molecule has 0 aliphatic heterocycles. The first-order valence-corrected chi connectivity index (χ1v) is 11.2. The molecular formula is C21H30IN3O4S. The molecule has 0 bridgehead atoms. The summed E-state index contributed by atoms with van der Waals surface area (Å²) in [7, 11) is -1.72. The number of guanidine groups is 1. The summed E-state index contributed by atoms with van der Waals surface area (Å²) in [5, 5.41) is 6.18. The second kappa shape index (κ2) is 13.3. The van der Waals surface area contributed by atoms with E-state index in [1.807, 2.05) is 38.1 Å². The molecule has 2 aromatic rings. The van der Waals surface area contributed by atoms with Crippen molar-refractivity contribution in [3.05, 3.63) is 54.6 Å². The van der Waals surface area contributed by atoms with Crippen LogP contribution in [0.4, 0.5) is 0 Å². The molecule has 0 aliphatic rings. The standard InChI is InChI=1S/C21H29N3O4S.HI/c1-4-22-21(23-13-14-29(25,26)20-11-6-5-7-12-20)24-16-17(2)28-19-10-8-9-18(15-19)27-3;/h5-12,15,17H,4,13-14,16H2,1-3H3,(H2,22,23,24);1H. The quantitative estimate of drug-likeness (QED) is 0.270. The lowest BCUT2D eigenvalue weighted by molar-refractivity contribution is 0.229. The average Bonchev–Trinajstić information content (AvgIpc) is 2.72. The van der Waals surface area contributed by atoms with Gasteiger partial charge in [-0.2, -0.15) is 0 Å². The van der Waals surface area contributed by atoms with E-state index in [0.29, 0.717) is 29.7 Å². The van der Waals surface area contributed by atoms with Crippen LogP contribution in [0.15, 0.2) is 64.5 Å². The zero-order chi connectivity index (χ0) is 21.1. The first-order valence-electron chi connectivity index (χ1n) is 9.55. The number of methoxy groups -OCH3 is 1. The molecule has 30 heavy (non-hydrogen) atoms. The molecule has 2 rings (SSSR count). The van der Waals surface area contributed by atoms with Gasteiger partial charge in [0.2, 0.25) is 0 Å². The molecule has 0 heterocycles. The number of nitrogens with one attached hydrogen (secondary N) is 2. The van der Waals surface area contributed by atoms with E-state index in [4.69, 9.17) is 9.47 Å². The van der Waals surface area contributed by atoms with Crippen molar-refractivity contribution in [2.45, 2.75) is 24.8 Å². The molecule has 1 unspecified atom stereocenters. The Kier molecular flexibility index (Phi) is 11.6. The number of hydrogen-bond donors (Lipinski definition) is 2. The van der Waals surface area contributed by atoms with Gasteiger partial charge in [-0.1, -0.05) is 24.3 Å². The summed E-state index contributed by atoms with van der Waals surface area (Å²) in [5.74, 6) is 1.97. The maximum atomic E-state index is 12.4. The summed E-state index contributed by atoms with van der Waals surface area (Å²) < 4.78 is 35.8. The van der Waals surface area contributed by atoms with Crippen LogP contribution in [0.5, 0.6) is 11.5 Å². The molecule has 1 atom stereocenters. The number of nitrogens with zero attached hydrogens (tertiary/aromatic N) is 1. The Balaban J connectivity index is 0.00000450. The van der Waals surface area contributed by atoms with Gasteiger partial charge in [0.25, 0.3) is 0 Å². The van der Waals surface area contributed by atoms with Crippen molar-refractivity contribution in [2.24, 2.45) is 4.99 Å². The molecule has 0 amide bonds. The van der Waals surface area contributed by atoms with Crippen LogP contribution in [0, 0.1) is 0 Å². The van der Waals surface area contributed by atoms with Gasteiger partial charge >= 0.3 is 0 Å². The molecule has 7 nitrogen and oxygen atoms in total. The van der Waals surface area contributed by atoms with Crippen LogP contribution in [0.25, 0.3) is 0 Å². The molecule has 0 aromatic heterocycles. The smallest absolute Gasteiger partial charge is 0.191 e. The molecule has 0 aliphatic carbocycles. The molecule has 0 radical (unpaired) electrons. The van der Waals surface area contributed by atoms with Crippen LogP contribution in [0.1, 0.15) is 13.8 Å². The van der Waals surface area contributed by atoms with Crippen molar-refractivity contribution in [1.29, 1.82) is 0 Å². The Morgan fingerprint density at radius 1 is 1.07 bits per heavy atom. The molecule has 0 fully saturated rings. The van der Waals surface area contributed by atoms with Gasteiger partial charge in [-0.3, -0.25) is 0 Å². The van der Waals surface area contributed by atoms with Crippen LogP contribution in [0.2, 0.25) is 0 Å². The Labute approximate surface area is 196 Å². The predicted molar refractivity (Wildman–Crippen MR) is 131 cm³/mol. The zero-order valence-corrected chi connectivity index (χ0v) is 20.6. The van der Waals surface area contributed by atoms with Gasteiger partial charge in [0.15, 0.2) is 15.8 Å². The van der Waals surface area contributed by atoms with E-state index >= 15 is 0 Å². The molecule has 2 aromatic carbocycles. The lowest BCUT2D eigenvalue weighted by Crippen LogP contribution is -2.40. The summed E-state index contributed by atoms with van der Waals surface area (Å²) in [6, 6.07) is 15.8.